The Labute approximate surface area is 160 Å². The molecule has 0 aliphatic heterocycles. The molecule has 0 aliphatic carbocycles. The molecule has 1 aromatic carbocycles. The van der Waals surface area contributed by atoms with E-state index in [1.165, 1.54) is 35.0 Å². The molecule has 3 rings (SSSR count). The zero-order valence-electron chi connectivity index (χ0n) is 14.3. The molecule has 8 nitrogen and oxygen atoms in total. The van der Waals surface area contributed by atoms with Crippen molar-refractivity contribution in [2.24, 2.45) is 0 Å². The second-order valence-electron chi connectivity index (χ2n) is 5.58. The Hall–Kier alpha value is -3.27. The van der Waals surface area contributed by atoms with Gasteiger partial charge in [-0.2, -0.15) is 8.78 Å². The molecule has 2 aromatic heterocycles. The van der Waals surface area contributed by atoms with E-state index in [1.807, 2.05) is 0 Å². The lowest BCUT2D eigenvalue weighted by molar-refractivity contribution is -0.0497. The number of nitrogens with zero attached hydrogens (tertiary/aromatic N) is 2. The molecule has 0 aliphatic rings. The highest BCUT2D eigenvalue weighted by Gasteiger charge is 2.14. The van der Waals surface area contributed by atoms with E-state index in [9.17, 15) is 23.2 Å². The third kappa shape index (κ3) is 3.86. The van der Waals surface area contributed by atoms with Crippen LogP contribution in [-0.2, 0) is 6.54 Å². The van der Waals surface area contributed by atoms with Crippen molar-refractivity contribution >= 4 is 34.2 Å². The number of ether oxygens (including phenoxy) is 1. The van der Waals surface area contributed by atoms with Crippen molar-refractivity contribution in [3.05, 3.63) is 61.9 Å². The molecule has 0 radical (unpaired) electrons. The molecular formula is C17H13ClF2N4O4. The van der Waals surface area contributed by atoms with E-state index >= 15 is 0 Å². The number of nitrogens with one attached hydrogen (secondary N) is 2. The zero-order valence-corrected chi connectivity index (χ0v) is 15.1. The highest BCUT2D eigenvalue weighted by atomic mass is 35.5. The van der Waals surface area contributed by atoms with Crippen LogP contribution in [0.1, 0.15) is 17.3 Å². The lowest BCUT2D eigenvalue weighted by Gasteiger charge is -2.10. The molecule has 0 saturated heterocycles. The summed E-state index contributed by atoms with van der Waals surface area (Å²) in [6, 6.07) is 5.07. The largest absolute Gasteiger partial charge is 0.433 e. The van der Waals surface area contributed by atoms with Gasteiger partial charge in [0.25, 0.3) is 11.5 Å². The number of carbonyl (C=O) groups excluding carboxylic acids is 1. The van der Waals surface area contributed by atoms with Crippen LogP contribution in [-0.4, -0.2) is 27.1 Å². The van der Waals surface area contributed by atoms with Gasteiger partial charge in [0.15, 0.2) is 0 Å². The first-order valence-corrected chi connectivity index (χ1v) is 8.36. The number of aryl methyl sites for hydroxylation is 1. The number of aromatic nitrogens is 3. The molecule has 1 amide bonds. The second-order valence-corrected chi connectivity index (χ2v) is 5.98. The normalized spacial score (nSPS) is 11.0. The number of anilines is 1. The predicted octanol–water partition coefficient (Wildman–Crippen LogP) is 2.61. The zero-order chi connectivity index (χ0) is 20.4. The summed E-state index contributed by atoms with van der Waals surface area (Å²) >= 11 is 5.85. The van der Waals surface area contributed by atoms with Gasteiger partial charge in [0.05, 0.1) is 16.0 Å². The molecule has 0 saturated carbocycles. The maximum Gasteiger partial charge on any atom is 0.387 e. The SMILES string of the molecule is CCn1c(=O)[nH]c(=O)c2cc(C(=O)Nc3ccc(OC(F)F)c(Cl)c3)cnc21. The van der Waals surface area contributed by atoms with Gasteiger partial charge in [-0.25, -0.2) is 9.78 Å². The highest BCUT2D eigenvalue weighted by Crippen LogP contribution is 2.29. The summed E-state index contributed by atoms with van der Waals surface area (Å²) < 4.78 is 30.0. The first-order chi connectivity index (χ1) is 13.3. The summed E-state index contributed by atoms with van der Waals surface area (Å²) in [5.41, 5.74) is -0.814. The van der Waals surface area contributed by atoms with Crippen molar-refractivity contribution in [2.75, 3.05) is 5.32 Å². The molecule has 2 N–H and O–H groups in total. The number of carbonyl (C=O) groups is 1. The lowest BCUT2D eigenvalue weighted by atomic mass is 10.2. The number of rotatable bonds is 5. The minimum absolute atomic E-state index is 0.0586. The number of alkyl halides is 2. The van der Waals surface area contributed by atoms with Crippen molar-refractivity contribution in [3.8, 4) is 5.75 Å². The van der Waals surface area contributed by atoms with Gasteiger partial charge < -0.3 is 10.1 Å². The van der Waals surface area contributed by atoms with Gasteiger partial charge in [-0.05, 0) is 31.2 Å². The van der Waals surface area contributed by atoms with Gasteiger partial charge in [0.2, 0.25) is 0 Å². The molecule has 28 heavy (non-hydrogen) atoms. The Morgan fingerprint density at radius 1 is 1.36 bits per heavy atom. The predicted molar refractivity (Wildman–Crippen MR) is 98.3 cm³/mol. The Morgan fingerprint density at radius 3 is 2.75 bits per heavy atom. The van der Waals surface area contributed by atoms with Gasteiger partial charge in [0, 0.05) is 18.4 Å². The molecule has 0 bridgehead atoms. The monoisotopic (exact) mass is 410 g/mol. The summed E-state index contributed by atoms with van der Waals surface area (Å²) in [5.74, 6) is -0.840. The summed E-state index contributed by atoms with van der Waals surface area (Å²) in [4.78, 5) is 42.5. The standard InChI is InChI=1S/C17H13ClF2N4O4/c1-2-24-13-10(15(26)23-17(24)27)5-8(7-21-13)14(25)22-9-3-4-12(11(18)6-9)28-16(19)20/h3-7,16H,2H2,1H3,(H,22,25)(H,23,26,27). The van der Waals surface area contributed by atoms with Crippen molar-refractivity contribution < 1.29 is 18.3 Å². The molecule has 0 atom stereocenters. The van der Waals surface area contributed by atoms with Crippen LogP contribution in [0.25, 0.3) is 11.0 Å². The van der Waals surface area contributed by atoms with E-state index in [4.69, 9.17) is 11.6 Å². The minimum atomic E-state index is -3.03. The van der Waals surface area contributed by atoms with E-state index in [1.54, 1.807) is 6.92 Å². The summed E-state index contributed by atoms with van der Waals surface area (Å²) in [6.45, 7) is -1.02. The van der Waals surface area contributed by atoms with Crippen molar-refractivity contribution in [2.45, 2.75) is 20.1 Å². The Kier molecular flexibility index (Phi) is 5.41. The van der Waals surface area contributed by atoms with Crippen LogP contribution in [0.3, 0.4) is 0 Å². The highest BCUT2D eigenvalue weighted by molar-refractivity contribution is 6.32. The Balaban J connectivity index is 1.91. The van der Waals surface area contributed by atoms with Crippen molar-refractivity contribution in [3.63, 3.8) is 0 Å². The number of amides is 1. The molecule has 0 fully saturated rings. The maximum atomic E-state index is 12.4. The molecule has 11 heteroatoms. The van der Waals surface area contributed by atoms with Crippen LogP contribution in [0, 0.1) is 0 Å². The number of aromatic amines is 1. The van der Waals surface area contributed by atoms with E-state index in [0.717, 1.165) is 0 Å². The van der Waals surface area contributed by atoms with Crippen molar-refractivity contribution in [1.82, 2.24) is 14.5 Å². The van der Waals surface area contributed by atoms with Gasteiger partial charge in [-0.3, -0.25) is 19.1 Å². The van der Waals surface area contributed by atoms with Crippen LogP contribution in [0.4, 0.5) is 14.5 Å². The lowest BCUT2D eigenvalue weighted by Crippen LogP contribution is -2.30. The number of hydrogen-bond acceptors (Lipinski definition) is 5. The molecule has 3 aromatic rings. The topological polar surface area (TPSA) is 106 Å². The first-order valence-electron chi connectivity index (χ1n) is 7.98. The van der Waals surface area contributed by atoms with E-state index in [0.29, 0.717) is 0 Å². The second kappa shape index (κ2) is 7.77. The number of hydrogen-bond donors (Lipinski definition) is 2. The molecule has 0 spiro atoms. The van der Waals surface area contributed by atoms with Gasteiger partial charge in [-0.15, -0.1) is 0 Å². The molecule has 0 unspecified atom stereocenters. The molecular weight excluding hydrogens is 398 g/mol. The number of H-pyrrole nitrogens is 1. The fourth-order valence-electron chi connectivity index (χ4n) is 2.56. The van der Waals surface area contributed by atoms with Crippen LogP contribution >= 0.6 is 11.6 Å². The minimum Gasteiger partial charge on any atom is -0.433 e. The molecule has 146 valence electrons. The van der Waals surface area contributed by atoms with Crippen molar-refractivity contribution in [1.29, 1.82) is 0 Å². The van der Waals surface area contributed by atoms with Crippen LogP contribution < -0.4 is 21.3 Å². The summed E-state index contributed by atoms with van der Waals surface area (Å²) in [5, 5.41) is 2.48. The van der Waals surface area contributed by atoms with Gasteiger partial charge in [0.1, 0.15) is 11.4 Å². The van der Waals surface area contributed by atoms with Crippen LogP contribution in [0.15, 0.2) is 40.1 Å². The quantitative estimate of drug-likeness (QED) is 0.672. The Bertz CT molecular complexity index is 1180. The third-order valence-corrected chi connectivity index (χ3v) is 4.11. The fourth-order valence-corrected chi connectivity index (χ4v) is 2.78. The fraction of sp³-hybridized carbons (Fsp3) is 0.176. The van der Waals surface area contributed by atoms with Gasteiger partial charge in [-0.1, -0.05) is 11.6 Å². The third-order valence-electron chi connectivity index (χ3n) is 3.82. The van der Waals surface area contributed by atoms with Crippen LogP contribution in [0.2, 0.25) is 5.02 Å². The van der Waals surface area contributed by atoms with E-state index in [-0.39, 0.29) is 39.6 Å². The summed E-state index contributed by atoms with van der Waals surface area (Å²) in [7, 11) is 0. The van der Waals surface area contributed by atoms with Gasteiger partial charge >= 0.3 is 12.3 Å². The number of fused-ring (bicyclic) bond motifs is 1. The average Bonchev–Trinajstić information content (AvgIpc) is 2.63. The van der Waals surface area contributed by atoms with E-state index < -0.39 is 23.8 Å². The van der Waals surface area contributed by atoms with E-state index in [2.05, 4.69) is 20.0 Å². The number of benzene rings is 1. The Morgan fingerprint density at radius 2 is 2.11 bits per heavy atom. The van der Waals surface area contributed by atoms with Crippen LogP contribution in [0.5, 0.6) is 5.75 Å². The first kappa shape index (κ1) is 19.5. The number of pyridine rings is 1. The maximum absolute atomic E-state index is 12.4. The average molecular weight is 411 g/mol. The molecule has 2 heterocycles. The summed E-state index contributed by atoms with van der Waals surface area (Å²) in [6.07, 6.45) is 1.22. The number of halogens is 3. The smallest absolute Gasteiger partial charge is 0.387 e.